The van der Waals surface area contributed by atoms with Crippen molar-refractivity contribution in [1.82, 2.24) is 19.9 Å². The van der Waals surface area contributed by atoms with E-state index < -0.39 is 10.0 Å². The summed E-state index contributed by atoms with van der Waals surface area (Å²) in [6.45, 7) is 2.00. The van der Waals surface area contributed by atoms with E-state index in [1.165, 1.54) is 12.3 Å². The maximum Gasteiger partial charge on any atom is 0.244 e. The number of hydrogen-bond acceptors (Lipinski definition) is 5. The average molecular weight is 360 g/mol. The van der Waals surface area contributed by atoms with Crippen molar-refractivity contribution in [3.05, 3.63) is 34.2 Å². The molecule has 0 aliphatic rings. The van der Waals surface area contributed by atoms with E-state index >= 15 is 0 Å². The highest BCUT2D eigenvalue weighted by Crippen LogP contribution is 2.22. The number of nitrogens with zero attached hydrogens (tertiary/aromatic N) is 2. The first kappa shape index (κ1) is 14.9. The van der Waals surface area contributed by atoms with Gasteiger partial charge >= 0.3 is 0 Å². The molecular formula is C11H14BrN5O2S. The standard InChI is InChI=1S/C11H14BrN5O2S/c1-7-8(4-15-17-7)5-16-20(18,19)10-3-9(12)6-14-11(10)13-2/h3-4,6,16H,5H2,1-2H3,(H,13,14)(H,15,17). The molecule has 0 amide bonds. The number of nitrogens with one attached hydrogen (secondary N) is 3. The molecule has 0 aliphatic heterocycles. The van der Waals surface area contributed by atoms with Crippen molar-refractivity contribution in [3.63, 3.8) is 0 Å². The second-order valence-corrected chi connectivity index (χ2v) is 6.75. The van der Waals surface area contributed by atoms with E-state index in [9.17, 15) is 8.42 Å². The van der Waals surface area contributed by atoms with Gasteiger partial charge in [0.15, 0.2) is 0 Å². The summed E-state index contributed by atoms with van der Waals surface area (Å²) in [7, 11) is -2.04. The van der Waals surface area contributed by atoms with Gasteiger partial charge in [0.25, 0.3) is 0 Å². The lowest BCUT2D eigenvalue weighted by atomic mass is 10.3. The fraction of sp³-hybridized carbons (Fsp3) is 0.273. The highest BCUT2D eigenvalue weighted by molar-refractivity contribution is 9.10. The molecule has 0 saturated heterocycles. The van der Waals surface area contributed by atoms with Crippen LogP contribution in [0.2, 0.25) is 0 Å². The first-order valence-electron chi connectivity index (χ1n) is 5.76. The number of anilines is 1. The Labute approximate surface area is 125 Å². The number of hydrogen-bond donors (Lipinski definition) is 3. The van der Waals surface area contributed by atoms with Crippen molar-refractivity contribution >= 4 is 31.8 Å². The number of pyridine rings is 1. The van der Waals surface area contributed by atoms with Crippen LogP contribution in [0.3, 0.4) is 0 Å². The highest BCUT2D eigenvalue weighted by Gasteiger charge is 2.20. The molecule has 20 heavy (non-hydrogen) atoms. The molecule has 108 valence electrons. The molecule has 3 N–H and O–H groups in total. The summed E-state index contributed by atoms with van der Waals surface area (Å²) in [5.74, 6) is 0.296. The van der Waals surface area contributed by atoms with Crippen molar-refractivity contribution in [1.29, 1.82) is 0 Å². The van der Waals surface area contributed by atoms with Gasteiger partial charge in [0, 0.05) is 35.5 Å². The fourth-order valence-corrected chi connectivity index (χ4v) is 3.29. The van der Waals surface area contributed by atoms with Crippen LogP contribution in [0.4, 0.5) is 5.82 Å². The lowest BCUT2D eigenvalue weighted by molar-refractivity contribution is 0.581. The van der Waals surface area contributed by atoms with Gasteiger partial charge in [-0.3, -0.25) is 5.10 Å². The first-order valence-corrected chi connectivity index (χ1v) is 8.03. The third-order valence-electron chi connectivity index (χ3n) is 2.73. The van der Waals surface area contributed by atoms with E-state index in [-0.39, 0.29) is 11.4 Å². The number of H-pyrrole nitrogens is 1. The molecule has 0 aromatic carbocycles. The Morgan fingerprint density at radius 2 is 2.15 bits per heavy atom. The normalized spacial score (nSPS) is 11.6. The Kier molecular flexibility index (Phi) is 4.41. The fourth-order valence-electron chi connectivity index (χ4n) is 1.62. The van der Waals surface area contributed by atoms with E-state index in [0.717, 1.165) is 11.3 Å². The molecule has 2 rings (SSSR count). The zero-order valence-corrected chi connectivity index (χ0v) is 13.3. The molecule has 0 unspecified atom stereocenters. The van der Waals surface area contributed by atoms with Crippen LogP contribution in [-0.4, -0.2) is 30.6 Å². The van der Waals surface area contributed by atoms with Crippen LogP contribution in [0.25, 0.3) is 0 Å². The van der Waals surface area contributed by atoms with E-state index in [1.807, 2.05) is 6.92 Å². The minimum atomic E-state index is -3.67. The van der Waals surface area contributed by atoms with E-state index in [0.29, 0.717) is 10.3 Å². The Bertz CT molecular complexity index is 713. The molecule has 0 radical (unpaired) electrons. The molecule has 2 heterocycles. The van der Waals surface area contributed by atoms with Gasteiger partial charge in [0.05, 0.1) is 6.20 Å². The number of aromatic nitrogens is 3. The van der Waals surface area contributed by atoms with Crippen molar-refractivity contribution < 1.29 is 8.42 Å². The first-order chi connectivity index (χ1) is 9.44. The number of sulfonamides is 1. The maximum absolute atomic E-state index is 12.3. The number of aromatic amines is 1. The van der Waals surface area contributed by atoms with Gasteiger partial charge < -0.3 is 5.32 Å². The molecule has 2 aromatic heterocycles. The number of aryl methyl sites for hydroxylation is 1. The maximum atomic E-state index is 12.3. The molecule has 9 heteroatoms. The smallest absolute Gasteiger partial charge is 0.244 e. The third-order valence-corrected chi connectivity index (χ3v) is 4.58. The third kappa shape index (κ3) is 3.17. The van der Waals surface area contributed by atoms with Crippen molar-refractivity contribution in [2.75, 3.05) is 12.4 Å². The number of rotatable bonds is 5. The zero-order chi connectivity index (χ0) is 14.8. The van der Waals surface area contributed by atoms with Crippen LogP contribution in [0.1, 0.15) is 11.3 Å². The lowest BCUT2D eigenvalue weighted by Crippen LogP contribution is -2.24. The Hall–Kier alpha value is -1.45. The van der Waals surface area contributed by atoms with Crippen LogP contribution in [0.5, 0.6) is 0 Å². The minimum absolute atomic E-state index is 0.0931. The molecule has 0 fully saturated rings. The largest absolute Gasteiger partial charge is 0.372 e. The van der Waals surface area contributed by atoms with Crippen molar-refractivity contribution in [2.24, 2.45) is 0 Å². The van der Waals surface area contributed by atoms with Gasteiger partial charge in [-0.1, -0.05) is 0 Å². The molecule has 0 bridgehead atoms. The second kappa shape index (κ2) is 5.90. The molecule has 7 nitrogen and oxygen atoms in total. The van der Waals surface area contributed by atoms with E-state index in [1.54, 1.807) is 13.2 Å². The van der Waals surface area contributed by atoms with Gasteiger partial charge in [0.1, 0.15) is 10.7 Å². The number of halogens is 1. The van der Waals surface area contributed by atoms with Crippen molar-refractivity contribution in [3.8, 4) is 0 Å². The Balaban J connectivity index is 2.26. The quantitative estimate of drug-likeness (QED) is 0.748. The topological polar surface area (TPSA) is 99.8 Å². The molecule has 2 aromatic rings. The molecule has 0 spiro atoms. The van der Waals surface area contributed by atoms with Crippen LogP contribution < -0.4 is 10.0 Å². The summed E-state index contributed by atoms with van der Waals surface area (Å²) >= 11 is 3.22. The predicted octanol–water partition coefficient (Wildman–Crippen LogP) is 1.40. The monoisotopic (exact) mass is 359 g/mol. The summed E-state index contributed by atoms with van der Waals surface area (Å²) in [6.07, 6.45) is 3.13. The van der Waals surface area contributed by atoms with Crippen LogP contribution >= 0.6 is 15.9 Å². The summed E-state index contributed by atoms with van der Waals surface area (Å²) in [5, 5.41) is 9.37. The summed E-state index contributed by atoms with van der Waals surface area (Å²) < 4.78 is 27.8. The second-order valence-electron chi connectivity index (χ2n) is 4.10. The Morgan fingerprint density at radius 1 is 1.40 bits per heavy atom. The highest BCUT2D eigenvalue weighted by atomic mass is 79.9. The van der Waals surface area contributed by atoms with Crippen molar-refractivity contribution in [2.45, 2.75) is 18.4 Å². The summed E-state index contributed by atoms with van der Waals surface area (Å²) in [6, 6.07) is 1.50. The zero-order valence-electron chi connectivity index (χ0n) is 10.9. The van der Waals surface area contributed by atoms with Gasteiger partial charge in [-0.15, -0.1) is 0 Å². The van der Waals surface area contributed by atoms with Gasteiger partial charge in [0.2, 0.25) is 10.0 Å². The average Bonchev–Trinajstić information content (AvgIpc) is 2.82. The molecule has 0 aliphatic carbocycles. The van der Waals surface area contributed by atoms with Crippen LogP contribution in [-0.2, 0) is 16.6 Å². The minimum Gasteiger partial charge on any atom is -0.372 e. The summed E-state index contributed by atoms with van der Waals surface area (Å²) in [5.41, 5.74) is 1.62. The van der Waals surface area contributed by atoms with Crippen LogP contribution in [0.15, 0.2) is 27.8 Å². The van der Waals surface area contributed by atoms with Gasteiger partial charge in [-0.25, -0.2) is 18.1 Å². The van der Waals surface area contributed by atoms with Gasteiger partial charge in [-0.2, -0.15) is 5.10 Å². The summed E-state index contributed by atoms with van der Waals surface area (Å²) in [4.78, 5) is 4.12. The molecule has 0 atom stereocenters. The van der Waals surface area contributed by atoms with E-state index in [2.05, 4.69) is 41.2 Å². The van der Waals surface area contributed by atoms with Crippen LogP contribution in [0, 0.1) is 6.92 Å². The van der Waals surface area contributed by atoms with Gasteiger partial charge in [-0.05, 0) is 28.9 Å². The molecular weight excluding hydrogens is 346 g/mol. The predicted molar refractivity (Wildman–Crippen MR) is 78.8 cm³/mol. The lowest BCUT2D eigenvalue weighted by Gasteiger charge is -2.10. The molecule has 0 saturated carbocycles. The Morgan fingerprint density at radius 3 is 2.75 bits per heavy atom. The van der Waals surface area contributed by atoms with E-state index in [4.69, 9.17) is 0 Å². The SMILES string of the molecule is CNc1ncc(Br)cc1S(=O)(=O)NCc1cn[nH]c1C.